The molecule has 0 unspecified atom stereocenters. The zero-order valence-electron chi connectivity index (χ0n) is 9.15. The van der Waals surface area contributed by atoms with Crippen molar-refractivity contribution in [3.05, 3.63) is 27.2 Å². The molecule has 0 spiro atoms. The molecule has 7 heteroatoms. The molecule has 1 fully saturated rings. The van der Waals surface area contributed by atoms with Crippen LogP contribution >= 0.6 is 27.5 Å². The second kappa shape index (κ2) is 5.26. The van der Waals surface area contributed by atoms with Crippen molar-refractivity contribution in [3.8, 4) is 0 Å². The van der Waals surface area contributed by atoms with Gasteiger partial charge in [-0.15, -0.1) is 0 Å². The van der Waals surface area contributed by atoms with E-state index in [0.29, 0.717) is 28.3 Å². The third-order valence-corrected chi connectivity index (χ3v) is 3.34. The lowest BCUT2D eigenvalue weighted by molar-refractivity contribution is -0.125. The molecule has 0 atom stereocenters. The molecule has 0 aromatic heterocycles. The first kappa shape index (κ1) is 13.3. The van der Waals surface area contributed by atoms with Crippen LogP contribution in [0, 0.1) is 0 Å². The zero-order valence-corrected chi connectivity index (χ0v) is 11.5. The van der Waals surface area contributed by atoms with Crippen molar-refractivity contribution >= 4 is 45.1 Å². The van der Waals surface area contributed by atoms with Crippen molar-refractivity contribution in [1.82, 2.24) is 0 Å². The van der Waals surface area contributed by atoms with Gasteiger partial charge in [-0.3, -0.25) is 4.79 Å². The molecular formula is C11H9BrClNO4. The number of rotatable bonds is 2. The van der Waals surface area contributed by atoms with Gasteiger partial charge in [0.1, 0.15) is 6.61 Å². The summed E-state index contributed by atoms with van der Waals surface area (Å²) in [4.78, 5) is 24.4. The van der Waals surface area contributed by atoms with E-state index >= 15 is 0 Å². The van der Waals surface area contributed by atoms with Crippen molar-refractivity contribution in [2.45, 2.75) is 0 Å². The van der Waals surface area contributed by atoms with Gasteiger partial charge in [0.25, 0.3) is 5.91 Å². The molecule has 1 aliphatic heterocycles. The van der Waals surface area contributed by atoms with Gasteiger partial charge < -0.3 is 14.7 Å². The Morgan fingerprint density at radius 3 is 2.83 bits per heavy atom. The first-order valence-corrected chi connectivity index (χ1v) is 6.28. The van der Waals surface area contributed by atoms with E-state index in [4.69, 9.17) is 16.3 Å². The fraction of sp³-hybridized carbons (Fsp3) is 0.273. The molecule has 0 radical (unpaired) electrons. The minimum absolute atomic E-state index is 0.00961. The lowest BCUT2D eigenvalue weighted by Gasteiger charge is -2.29. The highest BCUT2D eigenvalue weighted by Crippen LogP contribution is 2.34. The number of aromatic carboxylic acids is 1. The molecule has 5 nitrogen and oxygen atoms in total. The zero-order chi connectivity index (χ0) is 13.3. The Kier molecular flexibility index (Phi) is 3.89. The molecule has 1 heterocycles. The number of halogens is 2. The smallest absolute Gasteiger partial charge is 0.337 e. The molecule has 18 heavy (non-hydrogen) atoms. The van der Waals surface area contributed by atoms with E-state index in [0.717, 1.165) is 0 Å². The largest absolute Gasteiger partial charge is 0.478 e. The summed E-state index contributed by atoms with van der Waals surface area (Å²) < 4.78 is 5.49. The normalized spacial score (nSPS) is 15.9. The highest BCUT2D eigenvalue weighted by molar-refractivity contribution is 9.10. The summed E-state index contributed by atoms with van der Waals surface area (Å²) in [6, 6.07) is 2.89. The number of anilines is 1. The summed E-state index contributed by atoms with van der Waals surface area (Å²) in [6.45, 7) is 0.646. The molecule has 0 bridgehead atoms. The number of nitrogens with zero attached hydrogens (tertiary/aromatic N) is 1. The van der Waals surface area contributed by atoms with E-state index in [1.54, 1.807) is 6.07 Å². The SMILES string of the molecule is O=C(O)c1cc(Cl)cc(Br)c1N1CCOCC1=O. The third kappa shape index (κ3) is 2.50. The minimum atomic E-state index is -1.13. The Morgan fingerprint density at radius 1 is 1.50 bits per heavy atom. The quantitative estimate of drug-likeness (QED) is 0.900. The van der Waals surface area contributed by atoms with Crippen LogP contribution in [0.4, 0.5) is 5.69 Å². The fourth-order valence-corrected chi connectivity index (χ4v) is 2.78. The van der Waals surface area contributed by atoms with Crippen LogP contribution in [0.2, 0.25) is 5.02 Å². The van der Waals surface area contributed by atoms with Gasteiger partial charge in [0.05, 0.1) is 17.9 Å². The van der Waals surface area contributed by atoms with Crippen LogP contribution in [0.15, 0.2) is 16.6 Å². The van der Waals surface area contributed by atoms with Gasteiger partial charge in [0.15, 0.2) is 0 Å². The van der Waals surface area contributed by atoms with Crippen LogP contribution in [0.3, 0.4) is 0 Å². The number of benzene rings is 1. The van der Waals surface area contributed by atoms with Crippen molar-refractivity contribution < 1.29 is 19.4 Å². The van der Waals surface area contributed by atoms with Crippen molar-refractivity contribution in [2.75, 3.05) is 24.7 Å². The van der Waals surface area contributed by atoms with Crippen LogP contribution in [-0.2, 0) is 9.53 Å². The first-order valence-electron chi connectivity index (χ1n) is 5.11. The predicted octanol–water partition coefficient (Wildman–Crippen LogP) is 2.16. The topological polar surface area (TPSA) is 66.8 Å². The van der Waals surface area contributed by atoms with E-state index in [1.165, 1.54) is 11.0 Å². The van der Waals surface area contributed by atoms with Gasteiger partial charge >= 0.3 is 5.97 Å². The Bertz CT molecular complexity index is 520. The summed E-state index contributed by atoms with van der Waals surface area (Å²) in [5, 5.41) is 9.48. The van der Waals surface area contributed by atoms with Crippen LogP contribution in [0.5, 0.6) is 0 Å². The molecule has 96 valence electrons. The van der Waals surface area contributed by atoms with E-state index < -0.39 is 5.97 Å². The molecule has 1 aromatic carbocycles. The number of carboxylic acid groups (broad SMARTS) is 1. The fourth-order valence-electron chi connectivity index (χ4n) is 1.76. The maximum absolute atomic E-state index is 11.8. The molecule has 0 saturated carbocycles. The number of morpholine rings is 1. The summed E-state index contributed by atoms with van der Waals surface area (Å²) >= 11 is 9.07. The Balaban J connectivity index is 2.54. The molecule has 0 aliphatic carbocycles. The summed E-state index contributed by atoms with van der Waals surface area (Å²) in [6.07, 6.45) is 0. The standard InChI is InChI=1S/C11H9BrClNO4/c12-8-4-6(13)3-7(11(16)17)10(8)14-1-2-18-5-9(14)15/h3-4H,1-2,5H2,(H,16,17). The Morgan fingerprint density at radius 2 is 2.22 bits per heavy atom. The second-order valence-electron chi connectivity index (χ2n) is 3.69. The Labute approximate surface area is 116 Å². The van der Waals surface area contributed by atoms with E-state index in [2.05, 4.69) is 15.9 Å². The van der Waals surface area contributed by atoms with Gasteiger partial charge in [0, 0.05) is 16.0 Å². The lowest BCUT2D eigenvalue weighted by Crippen LogP contribution is -2.42. The monoisotopic (exact) mass is 333 g/mol. The Hall–Kier alpha value is -1.11. The number of carbonyl (C=O) groups excluding carboxylic acids is 1. The number of carbonyl (C=O) groups is 2. The molecule has 2 rings (SSSR count). The van der Waals surface area contributed by atoms with Gasteiger partial charge in [0.2, 0.25) is 0 Å². The first-order chi connectivity index (χ1) is 8.50. The second-order valence-corrected chi connectivity index (χ2v) is 4.98. The van der Waals surface area contributed by atoms with Crippen molar-refractivity contribution in [1.29, 1.82) is 0 Å². The molecular weight excluding hydrogens is 325 g/mol. The predicted molar refractivity (Wildman–Crippen MR) is 69.3 cm³/mol. The summed E-state index contributed by atoms with van der Waals surface area (Å²) in [5.74, 6) is -1.40. The highest BCUT2D eigenvalue weighted by Gasteiger charge is 2.27. The van der Waals surface area contributed by atoms with Crippen LogP contribution in [0.1, 0.15) is 10.4 Å². The van der Waals surface area contributed by atoms with E-state index in [-0.39, 0.29) is 18.1 Å². The van der Waals surface area contributed by atoms with Gasteiger partial charge in [-0.1, -0.05) is 11.6 Å². The molecule has 1 saturated heterocycles. The number of hydrogen-bond donors (Lipinski definition) is 1. The number of carboxylic acids is 1. The molecule has 1 amide bonds. The van der Waals surface area contributed by atoms with Gasteiger partial charge in [-0.2, -0.15) is 0 Å². The van der Waals surface area contributed by atoms with E-state index in [1.807, 2.05) is 0 Å². The number of ether oxygens (including phenoxy) is 1. The van der Waals surface area contributed by atoms with E-state index in [9.17, 15) is 14.7 Å². The van der Waals surface area contributed by atoms with Crippen LogP contribution in [0.25, 0.3) is 0 Å². The minimum Gasteiger partial charge on any atom is -0.478 e. The maximum Gasteiger partial charge on any atom is 0.337 e. The third-order valence-electron chi connectivity index (χ3n) is 2.51. The van der Waals surface area contributed by atoms with Crippen molar-refractivity contribution in [2.24, 2.45) is 0 Å². The van der Waals surface area contributed by atoms with Crippen molar-refractivity contribution in [3.63, 3.8) is 0 Å². The van der Waals surface area contributed by atoms with Crippen LogP contribution in [-0.4, -0.2) is 36.7 Å². The number of hydrogen-bond acceptors (Lipinski definition) is 3. The average molecular weight is 335 g/mol. The summed E-state index contributed by atoms with van der Waals surface area (Å²) in [5.41, 5.74) is 0.310. The molecule has 1 aliphatic rings. The summed E-state index contributed by atoms with van der Waals surface area (Å²) in [7, 11) is 0. The molecule has 1 N–H and O–H groups in total. The molecule has 1 aromatic rings. The maximum atomic E-state index is 11.8. The van der Waals surface area contributed by atoms with Gasteiger partial charge in [-0.05, 0) is 28.1 Å². The average Bonchev–Trinajstić information content (AvgIpc) is 2.29. The lowest BCUT2D eigenvalue weighted by atomic mass is 10.1. The van der Waals surface area contributed by atoms with Gasteiger partial charge in [-0.25, -0.2) is 4.79 Å². The van der Waals surface area contributed by atoms with Crippen LogP contribution < -0.4 is 4.90 Å². The highest BCUT2D eigenvalue weighted by atomic mass is 79.9. The number of amides is 1.